The fourth-order valence-electron chi connectivity index (χ4n) is 1.74. The summed E-state index contributed by atoms with van der Waals surface area (Å²) in [6, 6.07) is 5.82. The van der Waals surface area contributed by atoms with Crippen LogP contribution in [0, 0.1) is 0 Å². The van der Waals surface area contributed by atoms with Gasteiger partial charge in [0.2, 0.25) is 7.37 Å². The maximum atomic E-state index is 11.1. The monoisotopic (exact) mass is 285 g/mol. The van der Waals surface area contributed by atoms with Gasteiger partial charge in [-0.1, -0.05) is 26.3 Å². The van der Waals surface area contributed by atoms with Crippen molar-refractivity contribution in [3.05, 3.63) is 29.3 Å². The Hall–Kier alpha value is -0.830. The lowest BCUT2D eigenvalue weighted by Gasteiger charge is -2.18. The highest BCUT2D eigenvalue weighted by molar-refractivity contribution is 7.56. The average molecular weight is 285 g/mol. The molecule has 0 saturated carbocycles. The number of nitrogens with one attached hydrogen (secondary N) is 1. The molecule has 2 N–H and O–H groups in total. The summed E-state index contributed by atoms with van der Waals surface area (Å²) in [5.41, 5.74) is 2.54. The fraction of sp³-hybridized carbons (Fsp3) is 0.571. The SMILES string of the molecule is CCC.CP(=O)(O)COc1ccc2c(c1)CCNC2. The quantitative estimate of drug-likeness (QED) is 0.838. The van der Waals surface area contributed by atoms with Gasteiger partial charge in [-0.05, 0) is 36.2 Å². The molecule has 0 spiro atoms. The van der Waals surface area contributed by atoms with Crippen LogP contribution in [-0.4, -0.2) is 24.5 Å². The predicted molar refractivity (Wildman–Crippen MR) is 79.1 cm³/mol. The molecule has 0 amide bonds. The lowest BCUT2D eigenvalue weighted by atomic mass is 10.0. The third kappa shape index (κ3) is 6.24. The maximum Gasteiger partial charge on any atom is 0.233 e. The summed E-state index contributed by atoms with van der Waals surface area (Å²) in [6.07, 6.45) is 2.11. The average Bonchev–Trinajstić information content (AvgIpc) is 2.36. The van der Waals surface area contributed by atoms with Gasteiger partial charge in [-0.15, -0.1) is 0 Å². The van der Waals surface area contributed by atoms with Crippen molar-refractivity contribution in [2.75, 3.05) is 19.6 Å². The highest BCUT2D eigenvalue weighted by atomic mass is 31.2. The van der Waals surface area contributed by atoms with Crippen LogP contribution in [0.15, 0.2) is 18.2 Å². The van der Waals surface area contributed by atoms with Crippen molar-refractivity contribution in [3.63, 3.8) is 0 Å². The van der Waals surface area contributed by atoms with Crippen molar-refractivity contribution >= 4 is 7.37 Å². The normalized spacial score (nSPS) is 16.6. The van der Waals surface area contributed by atoms with Crippen LogP contribution in [0.2, 0.25) is 0 Å². The second-order valence-electron chi connectivity index (χ2n) is 4.89. The van der Waals surface area contributed by atoms with E-state index in [9.17, 15) is 4.57 Å². The number of benzene rings is 1. The molecule has 0 bridgehead atoms. The van der Waals surface area contributed by atoms with Gasteiger partial charge >= 0.3 is 0 Å². The third-order valence-corrected chi connectivity index (χ3v) is 3.14. The van der Waals surface area contributed by atoms with Gasteiger partial charge in [0.1, 0.15) is 5.75 Å². The molecular formula is C14H24NO3P. The molecule has 4 nitrogen and oxygen atoms in total. The summed E-state index contributed by atoms with van der Waals surface area (Å²) in [5.74, 6) is 0.678. The Bertz CT molecular complexity index is 442. The molecule has 1 aromatic rings. The van der Waals surface area contributed by atoms with Gasteiger partial charge in [0.05, 0.1) is 0 Å². The van der Waals surface area contributed by atoms with Crippen LogP contribution in [0.3, 0.4) is 0 Å². The zero-order valence-corrected chi connectivity index (χ0v) is 12.9. The first-order valence-electron chi connectivity index (χ1n) is 6.71. The molecule has 108 valence electrons. The van der Waals surface area contributed by atoms with Gasteiger partial charge in [0.25, 0.3) is 0 Å². The Balaban J connectivity index is 0.000000550. The fourth-order valence-corrected chi connectivity index (χ4v) is 2.13. The molecule has 1 unspecified atom stereocenters. The van der Waals surface area contributed by atoms with Crippen molar-refractivity contribution in [2.45, 2.75) is 33.2 Å². The Kier molecular flexibility index (Phi) is 6.56. The largest absolute Gasteiger partial charge is 0.484 e. The summed E-state index contributed by atoms with van der Waals surface area (Å²) in [6.45, 7) is 7.42. The van der Waals surface area contributed by atoms with Crippen LogP contribution in [0.1, 0.15) is 31.4 Å². The molecule has 0 saturated heterocycles. The Morgan fingerprint density at radius 2 is 2.05 bits per heavy atom. The van der Waals surface area contributed by atoms with Gasteiger partial charge < -0.3 is 14.9 Å². The Morgan fingerprint density at radius 1 is 1.37 bits per heavy atom. The standard InChI is InChI=1S/C11H16NO3P.C3H8/c1-16(13,14)8-15-11-3-2-10-7-12-5-4-9(10)6-11;1-3-2/h2-3,6,12H,4-5,7-8H2,1H3,(H,13,14);3H2,1-2H3. The van der Waals surface area contributed by atoms with E-state index < -0.39 is 7.37 Å². The molecule has 1 aliphatic heterocycles. The number of hydrogen-bond acceptors (Lipinski definition) is 3. The molecule has 0 radical (unpaired) electrons. The minimum atomic E-state index is -3.09. The van der Waals surface area contributed by atoms with Crippen LogP contribution in [0.25, 0.3) is 0 Å². The molecule has 2 rings (SSSR count). The van der Waals surface area contributed by atoms with Crippen LogP contribution < -0.4 is 10.1 Å². The highest BCUT2D eigenvalue weighted by Gasteiger charge is 2.12. The van der Waals surface area contributed by atoms with Gasteiger partial charge in [-0.3, -0.25) is 4.57 Å². The summed E-state index contributed by atoms with van der Waals surface area (Å²) in [5, 5.41) is 3.29. The molecule has 0 aromatic heterocycles. The predicted octanol–water partition coefficient (Wildman–Crippen LogP) is 2.99. The Morgan fingerprint density at radius 3 is 2.68 bits per heavy atom. The van der Waals surface area contributed by atoms with Gasteiger partial charge in [0, 0.05) is 13.2 Å². The summed E-state index contributed by atoms with van der Waals surface area (Å²) >= 11 is 0. The first-order chi connectivity index (χ1) is 8.96. The van der Waals surface area contributed by atoms with E-state index >= 15 is 0 Å². The zero-order chi connectivity index (χ0) is 14.3. The van der Waals surface area contributed by atoms with Crippen molar-refractivity contribution < 1.29 is 14.2 Å². The first-order valence-corrected chi connectivity index (χ1v) is 9.00. The lowest BCUT2D eigenvalue weighted by Crippen LogP contribution is -2.23. The molecular weight excluding hydrogens is 261 g/mol. The highest BCUT2D eigenvalue weighted by Crippen LogP contribution is 2.35. The minimum absolute atomic E-state index is 0.121. The van der Waals surface area contributed by atoms with Crippen LogP contribution in [0.5, 0.6) is 5.75 Å². The van der Waals surface area contributed by atoms with Crippen molar-refractivity contribution in [1.29, 1.82) is 0 Å². The number of hydrogen-bond donors (Lipinski definition) is 2. The second kappa shape index (κ2) is 7.68. The molecule has 0 fully saturated rings. The van der Waals surface area contributed by atoms with E-state index in [4.69, 9.17) is 9.63 Å². The van der Waals surface area contributed by atoms with E-state index in [1.54, 1.807) is 0 Å². The van der Waals surface area contributed by atoms with E-state index in [0.717, 1.165) is 19.5 Å². The first kappa shape index (κ1) is 16.2. The summed E-state index contributed by atoms with van der Waals surface area (Å²) in [4.78, 5) is 9.14. The summed E-state index contributed by atoms with van der Waals surface area (Å²) < 4.78 is 16.4. The summed E-state index contributed by atoms with van der Waals surface area (Å²) in [7, 11) is -3.09. The molecule has 1 atom stereocenters. The van der Waals surface area contributed by atoms with Crippen molar-refractivity contribution in [1.82, 2.24) is 5.32 Å². The van der Waals surface area contributed by atoms with E-state index in [1.165, 1.54) is 24.2 Å². The molecule has 1 aliphatic rings. The van der Waals surface area contributed by atoms with Crippen LogP contribution in [0.4, 0.5) is 0 Å². The molecule has 1 aromatic carbocycles. The zero-order valence-electron chi connectivity index (χ0n) is 12.0. The van der Waals surface area contributed by atoms with Gasteiger partial charge in [-0.25, -0.2) is 0 Å². The Labute approximate surface area is 115 Å². The maximum absolute atomic E-state index is 11.1. The van der Waals surface area contributed by atoms with Crippen molar-refractivity contribution in [3.8, 4) is 5.75 Å². The molecule has 19 heavy (non-hydrogen) atoms. The van der Waals surface area contributed by atoms with E-state index in [2.05, 4.69) is 19.2 Å². The molecule has 5 heteroatoms. The number of ether oxygens (including phenoxy) is 1. The molecule has 0 aliphatic carbocycles. The second-order valence-corrected chi connectivity index (χ2v) is 7.25. The van der Waals surface area contributed by atoms with Gasteiger partial charge in [-0.2, -0.15) is 0 Å². The van der Waals surface area contributed by atoms with Crippen LogP contribution in [-0.2, 0) is 17.5 Å². The van der Waals surface area contributed by atoms with Crippen molar-refractivity contribution in [2.24, 2.45) is 0 Å². The van der Waals surface area contributed by atoms with E-state index in [-0.39, 0.29) is 6.35 Å². The smallest absolute Gasteiger partial charge is 0.233 e. The van der Waals surface area contributed by atoms with Gasteiger partial charge in [0.15, 0.2) is 6.35 Å². The number of rotatable bonds is 3. The third-order valence-electron chi connectivity index (χ3n) is 2.54. The van der Waals surface area contributed by atoms with Crippen LogP contribution >= 0.6 is 7.37 Å². The minimum Gasteiger partial charge on any atom is -0.484 e. The van der Waals surface area contributed by atoms with E-state index in [0.29, 0.717) is 5.75 Å². The number of fused-ring (bicyclic) bond motifs is 1. The van der Waals surface area contributed by atoms with E-state index in [1.807, 2.05) is 18.2 Å². The molecule has 1 heterocycles. The lowest BCUT2D eigenvalue weighted by molar-refractivity contribution is 0.352. The topological polar surface area (TPSA) is 58.6 Å².